The minimum Gasteiger partial charge on any atom is -0.370 e. The number of carbonyl (C=O) groups excluding carboxylic acids is 4. The molecule has 4 heterocycles. The third-order valence-corrected chi connectivity index (χ3v) is 11.1. The Labute approximate surface area is 307 Å². The molecule has 3 fully saturated rings. The summed E-state index contributed by atoms with van der Waals surface area (Å²) in [4.78, 5) is 56.0. The van der Waals surface area contributed by atoms with Gasteiger partial charge in [0, 0.05) is 48.7 Å². The van der Waals surface area contributed by atoms with Gasteiger partial charge in [0.25, 0.3) is 11.8 Å². The number of hydrogen-bond donors (Lipinski definition) is 1. The molecule has 0 spiro atoms. The molecule has 3 aromatic carbocycles. The van der Waals surface area contributed by atoms with Crippen LogP contribution < -0.4 is 15.1 Å². The van der Waals surface area contributed by atoms with E-state index in [-0.39, 0.29) is 29.4 Å². The highest BCUT2D eigenvalue weighted by molar-refractivity contribution is 6.23. The molecule has 1 N–H and O–H groups in total. The summed E-state index contributed by atoms with van der Waals surface area (Å²) < 4.78 is 12.1. The number of carbonyl (C=O) groups is 4. The van der Waals surface area contributed by atoms with E-state index in [1.165, 1.54) is 0 Å². The predicted molar refractivity (Wildman–Crippen MR) is 196 cm³/mol. The van der Waals surface area contributed by atoms with Crippen LogP contribution in [0.5, 0.6) is 0 Å². The summed E-state index contributed by atoms with van der Waals surface area (Å²) in [5, 5.41) is 16.2. The molecular formula is C41H40N6O6. The number of anilines is 3. The number of aryl methyl sites for hydroxylation is 3. The maximum absolute atomic E-state index is 13.4. The molecule has 3 aliphatic heterocycles. The number of hydrogen-bond acceptors (Lipinski definition) is 10. The number of nitrogens with one attached hydrogen (secondary N) is 1. The molecule has 270 valence electrons. The smallest absolute Gasteiger partial charge is 0.262 e. The van der Waals surface area contributed by atoms with Gasteiger partial charge in [-0.25, -0.2) is 0 Å². The lowest BCUT2D eigenvalue weighted by molar-refractivity contribution is -0.136. The number of benzene rings is 3. The van der Waals surface area contributed by atoms with Crippen LogP contribution in [0, 0.1) is 32.1 Å². The molecular weight excluding hydrogens is 672 g/mol. The first-order valence-corrected chi connectivity index (χ1v) is 18.0. The van der Waals surface area contributed by atoms with Gasteiger partial charge in [-0.15, -0.1) is 0 Å². The van der Waals surface area contributed by atoms with Crippen molar-refractivity contribution in [3.8, 4) is 17.2 Å². The molecule has 0 radical (unpaired) electrons. The fraction of sp³-hybridized carbons (Fsp3) is 0.366. The van der Waals surface area contributed by atoms with Crippen molar-refractivity contribution in [1.82, 2.24) is 15.4 Å². The largest absolute Gasteiger partial charge is 0.370 e. The van der Waals surface area contributed by atoms with Crippen LogP contribution in [0.25, 0.3) is 11.1 Å². The van der Waals surface area contributed by atoms with Gasteiger partial charge in [-0.1, -0.05) is 29.4 Å². The van der Waals surface area contributed by atoms with E-state index < -0.39 is 35.3 Å². The first-order chi connectivity index (χ1) is 25.4. The molecule has 0 bridgehead atoms. The van der Waals surface area contributed by atoms with E-state index in [0.717, 1.165) is 68.5 Å². The molecule has 1 unspecified atom stereocenters. The van der Waals surface area contributed by atoms with Crippen molar-refractivity contribution in [2.24, 2.45) is 0 Å². The van der Waals surface area contributed by atoms with Crippen LogP contribution >= 0.6 is 0 Å². The van der Waals surface area contributed by atoms with Gasteiger partial charge in [-0.2, -0.15) is 5.26 Å². The van der Waals surface area contributed by atoms with Gasteiger partial charge in [-0.05, 0) is 100 Å². The fourth-order valence-corrected chi connectivity index (χ4v) is 7.96. The molecule has 4 amide bonds. The van der Waals surface area contributed by atoms with Gasteiger partial charge < -0.3 is 19.1 Å². The molecule has 12 nitrogen and oxygen atoms in total. The number of nitrogens with zero attached hydrogens (tertiary/aromatic N) is 5. The highest BCUT2D eigenvalue weighted by Gasteiger charge is 2.47. The summed E-state index contributed by atoms with van der Waals surface area (Å²) in [7, 11) is 0. The molecule has 1 aliphatic carbocycles. The second-order valence-electron chi connectivity index (χ2n) is 14.9. The lowest BCUT2D eigenvalue weighted by Crippen LogP contribution is -2.62. The fourth-order valence-electron chi connectivity index (χ4n) is 7.96. The summed E-state index contributed by atoms with van der Waals surface area (Å²) in [6.07, 6.45) is 1.95. The maximum atomic E-state index is 13.4. The Bertz CT molecular complexity index is 2210. The topological polar surface area (TPSA) is 149 Å². The van der Waals surface area contributed by atoms with Crippen LogP contribution in [0.2, 0.25) is 0 Å². The van der Waals surface area contributed by atoms with E-state index in [1.807, 2.05) is 19.9 Å². The average Bonchev–Trinajstić information content (AvgIpc) is 3.81. The van der Waals surface area contributed by atoms with Gasteiger partial charge in [0.15, 0.2) is 0 Å². The molecule has 53 heavy (non-hydrogen) atoms. The maximum Gasteiger partial charge on any atom is 0.262 e. The van der Waals surface area contributed by atoms with Gasteiger partial charge in [0.2, 0.25) is 11.8 Å². The Morgan fingerprint density at radius 3 is 2.38 bits per heavy atom. The predicted octanol–water partition coefficient (Wildman–Crippen LogP) is 5.66. The summed E-state index contributed by atoms with van der Waals surface area (Å²) in [5.41, 5.74) is 7.47. The third-order valence-electron chi connectivity index (χ3n) is 11.1. The average molecular weight is 713 g/mol. The highest BCUT2D eigenvalue weighted by Crippen LogP contribution is 2.48. The number of imide groups is 2. The zero-order valence-electron chi connectivity index (χ0n) is 30.2. The van der Waals surface area contributed by atoms with Crippen LogP contribution in [0.15, 0.2) is 65.2 Å². The quantitative estimate of drug-likeness (QED) is 0.204. The Kier molecular flexibility index (Phi) is 8.22. The van der Waals surface area contributed by atoms with E-state index in [9.17, 15) is 24.4 Å². The summed E-state index contributed by atoms with van der Waals surface area (Å²) in [6.45, 7) is 10.2. The Hall–Kier alpha value is -5.80. The van der Waals surface area contributed by atoms with Crippen LogP contribution in [-0.2, 0) is 19.7 Å². The van der Waals surface area contributed by atoms with Crippen molar-refractivity contribution in [3.63, 3.8) is 0 Å². The van der Waals surface area contributed by atoms with Gasteiger partial charge in [0.1, 0.15) is 17.4 Å². The van der Waals surface area contributed by atoms with E-state index in [4.69, 9.17) is 9.26 Å². The Morgan fingerprint density at radius 2 is 1.72 bits per heavy atom. The number of piperidine rings is 1. The minimum absolute atomic E-state index is 0.0723. The lowest BCUT2D eigenvalue weighted by Gasteiger charge is -2.49. The van der Waals surface area contributed by atoms with E-state index in [2.05, 4.69) is 82.7 Å². The number of nitriles is 1. The Morgan fingerprint density at radius 1 is 0.981 bits per heavy atom. The van der Waals surface area contributed by atoms with Crippen molar-refractivity contribution >= 4 is 40.7 Å². The van der Waals surface area contributed by atoms with Gasteiger partial charge >= 0.3 is 0 Å². The normalized spacial score (nSPS) is 19.8. The summed E-state index contributed by atoms with van der Waals surface area (Å²) >= 11 is 0. The Balaban J connectivity index is 0.976. The van der Waals surface area contributed by atoms with Crippen LogP contribution in [0.3, 0.4) is 0 Å². The molecule has 1 saturated carbocycles. The summed E-state index contributed by atoms with van der Waals surface area (Å²) in [6, 6.07) is 21.3. The molecule has 1 atom stereocenters. The molecule has 8 rings (SSSR count). The lowest BCUT2D eigenvalue weighted by atomic mass is 9.94. The van der Waals surface area contributed by atoms with Gasteiger partial charge in [-0.3, -0.25) is 29.4 Å². The standard InChI is InChI=1S/C41H40N6O6/c1-24-5-6-27(36-25(2)44-53-26(36)3)19-34(24)46(29-9-7-28(8-10-29)41(21-42)15-16-41)17-18-52-40(4)22-45(23-40)30-11-12-31-32(20-30)39(51)47(38(31)50)33-13-14-35(48)43-37(33)49/h5-12,19-20,33H,13-18,22-23H2,1-4H3,(H,43,48,49). The van der Waals surface area contributed by atoms with Gasteiger partial charge in [0.05, 0.1) is 34.9 Å². The number of rotatable bonds is 10. The van der Waals surface area contributed by atoms with E-state index in [1.54, 1.807) is 12.1 Å². The number of fused-ring (bicyclic) bond motifs is 1. The van der Waals surface area contributed by atoms with Crippen LogP contribution in [0.4, 0.5) is 17.1 Å². The van der Waals surface area contributed by atoms with Crippen molar-refractivity contribution in [2.45, 2.75) is 70.4 Å². The number of ether oxygens (including phenoxy) is 1. The highest BCUT2D eigenvalue weighted by atomic mass is 16.5. The zero-order valence-corrected chi connectivity index (χ0v) is 30.2. The monoisotopic (exact) mass is 712 g/mol. The molecule has 12 heteroatoms. The SMILES string of the molecule is Cc1ccc(-c2c(C)noc2C)cc1N(CCOC1(C)CN(c2ccc3c(c2)C(=O)N(C2CCC(=O)NC2=O)C3=O)C1)c1ccc(C2(C#N)CC2)cc1. The van der Waals surface area contributed by atoms with E-state index in [0.29, 0.717) is 26.2 Å². The zero-order chi connectivity index (χ0) is 37.2. The van der Waals surface area contributed by atoms with Crippen molar-refractivity contribution in [1.29, 1.82) is 5.26 Å². The third kappa shape index (κ3) is 5.95. The molecule has 4 aliphatic rings. The van der Waals surface area contributed by atoms with E-state index >= 15 is 0 Å². The van der Waals surface area contributed by atoms with Crippen molar-refractivity contribution in [2.75, 3.05) is 36.0 Å². The second kappa shape index (κ2) is 12.7. The molecule has 4 aromatic rings. The number of amides is 4. The van der Waals surface area contributed by atoms with Crippen molar-refractivity contribution in [3.05, 3.63) is 94.4 Å². The van der Waals surface area contributed by atoms with Crippen molar-refractivity contribution < 1.29 is 28.4 Å². The van der Waals surface area contributed by atoms with Crippen LogP contribution in [-0.4, -0.2) is 71.6 Å². The molecule has 1 aromatic heterocycles. The number of aromatic nitrogens is 1. The first kappa shape index (κ1) is 34.3. The molecule has 2 saturated heterocycles. The summed E-state index contributed by atoms with van der Waals surface area (Å²) in [5.74, 6) is -1.32. The first-order valence-electron chi connectivity index (χ1n) is 18.0. The second-order valence-corrected chi connectivity index (χ2v) is 14.9. The van der Waals surface area contributed by atoms with Crippen LogP contribution in [0.1, 0.15) is 75.9 Å². The minimum atomic E-state index is -1.00.